The Hall–Kier alpha value is -3.33. The normalized spacial score (nSPS) is 26.5. The molecule has 9 heteroatoms. The molecule has 6 rings (SSSR count). The van der Waals surface area contributed by atoms with Gasteiger partial charge in [0.15, 0.2) is 0 Å². The van der Waals surface area contributed by atoms with Crippen LogP contribution in [0.2, 0.25) is 0 Å². The van der Waals surface area contributed by atoms with Gasteiger partial charge in [0.25, 0.3) is 11.5 Å². The fraction of sp³-hybridized carbons (Fsp3) is 0.440. The second kappa shape index (κ2) is 7.87. The Balaban J connectivity index is 1.12. The molecule has 2 aliphatic carbocycles. The average molecular weight is 463 g/mol. The first-order valence-electron chi connectivity index (χ1n) is 11.8. The molecule has 0 unspecified atom stereocenters. The molecule has 0 radical (unpaired) electrons. The van der Waals surface area contributed by atoms with Crippen LogP contribution >= 0.6 is 0 Å². The molecule has 0 bridgehead atoms. The molecule has 3 aromatic rings. The first kappa shape index (κ1) is 21.2. The van der Waals surface area contributed by atoms with Crippen molar-refractivity contribution in [3.05, 3.63) is 64.2 Å². The van der Waals surface area contributed by atoms with Gasteiger partial charge in [-0.3, -0.25) is 14.5 Å². The van der Waals surface area contributed by atoms with Crippen molar-refractivity contribution in [1.29, 1.82) is 0 Å². The Kier molecular flexibility index (Phi) is 4.91. The zero-order chi connectivity index (χ0) is 23.4. The smallest absolute Gasteiger partial charge is 0.269 e. The van der Waals surface area contributed by atoms with E-state index in [1.54, 1.807) is 25.4 Å². The van der Waals surface area contributed by atoms with E-state index in [0.29, 0.717) is 28.6 Å². The number of H-pyrrole nitrogens is 1. The number of benzene rings is 1. The van der Waals surface area contributed by atoms with E-state index in [9.17, 15) is 14.0 Å². The van der Waals surface area contributed by atoms with Crippen molar-refractivity contribution in [2.45, 2.75) is 30.7 Å². The van der Waals surface area contributed by atoms with Gasteiger partial charge in [0.05, 0.1) is 22.8 Å². The second-order valence-electron chi connectivity index (χ2n) is 9.73. The summed E-state index contributed by atoms with van der Waals surface area (Å²) < 4.78 is 13.6. The van der Waals surface area contributed by atoms with Gasteiger partial charge in [-0.1, -0.05) is 0 Å². The fourth-order valence-corrected chi connectivity index (χ4v) is 5.96. The molecule has 3 atom stereocenters. The van der Waals surface area contributed by atoms with E-state index in [0.717, 1.165) is 57.0 Å². The third kappa shape index (κ3) is 3.46. The summed E-state index contributed by atoms with van der Waals surface area (Å²) in [7, 11) is 1.60. The number of hydrogen-bond donors (Lipinski definition) is 2. The monoisotopic (exact) mass is 462 g/mol. The predicted molar refractivity (Wildman–Crippen MR) is 127 cm³/mol. The van der Waals surface area contributed by atoms with Crippen LogP contribution in [0, 0.1) is 11.7 Å². The lowest BCUT2D eigenvalue weighted by Gasteiger charge is -2.39. The van der Waals surface area contributed by atoms with Gasteiger partial charge >= 0.3 is 0 Å². The van der Waals surface area contributed by atoms with Gasteiger partial charge in [-0.25, -0.2) is 14.4 Å². The van der Waals surface area contributed by atoms with E-state index >= 15 is 0 Å². The Bertz CT molecular complexity index is 1320. The van der Waals surface area contributed by atoms with Crippen molar-refractivity contribution in [3.63, 3.8) is 0 Å². The van der Waals surface area contributed by atoms with Gasteiger partial charge in [0.2, 0.25) is 0 Å². The van der Waals surface area contributed by atoms with Crippen LogP contribution in [-0.2, 0) is 5.41 Å². The standard InChI is InChI=1S/C25H27FN6O2/c1-27-23(34)21-5-3-17(14-28-21)31-6-8-32(9-7-31)18-10-15-12-25(15,13-18)24-29-20-4-2-16(26)11-19(20)22(33)30-24/h2-5,11,14-15,18H,6-10,12-13H2,1H3,(H,27,34)(H,29,30,33)/t15-,18-,25+/m0/s1. The molecule has 1 aromatic carbocycles. The molecule has 2 N–H and O–H groups in total. The number of pyridine rings is 1. The Morgan fingerprint density at radius 3 is 2.74 bits per heavy atom. The van der Waals surface area contributed by atoms with Gasteiger partial charge in [0.1, 0.15) is 17.3 Å². The van der Waals surface area contributed by atoms with Crippen molar-refractivity contribution in [2.24, 2.45) is 5.92 Å². The molecule has 8 nitrogen and oxygen atoms in total. The van der Waals surface area contributed by atoms with Gasteiger partial charge in [0, 0.05) is 44.7 Å². The highest BCUT2D eigenvalue weighted by Gasteiger charge is 2.63. The maximum absolute atomic E-state index is 13.6. The Labute approximate surface area is 196 Å². The van der Waals surface area contributed by atoms with Crippen LogP contribution in [0.25, 0.3) is 10.9 Å². The van der Waals surface area contributed by atoms with Crippen molar-refractivity contribution in [1.82, 2.24) is 25.2 Å². The van der Waals surface area contributed by atoms with Gasteiger partial charge in [-0.05, 0) is 55.5 Å². The largest absolute Gasteiger partial charge is 0.368 e. The quantitative estimate of drug-likeness (QED) is 0.617. The van der Waals surface area contributed by atoms with E-state index in [2.05, 4.69) is 25.1 Å². The van der Waals surface area contributed by atoms with Crippen LogP contribution < -0.4 is 15.8 Å². The zero-order valence-electron chi connectivity index (χ0n) is 19.1. The van der Waals surface area contributed by atoms with Crippen LogP contribution in [0.4, 0.5) is 10.1 Å². The molecule has 1 saturated heterocycles. The zero-order valence-corrected chi connectivity index (χ0v) is 19.1. The number of piperazine rings is 1. The van der Waals surface area contributed by atoms with Gasteiger partial charge in [-0.2, -0.15) is 0 Å². The number of halogens is 1. The number of aromatic amines is 1. The minimum Gasteiger partial charge on any atom is -0.368 e. The van der Waals surface area contributed by atoms with E-state index in [-0.39, 0.29) is 16.9 Å². The number of carbonyl (C=O) groups excluding carboxylic acids is 1. The number of amides is 1. The lowest BCUT2D eigenvalue weighted by atomic mass is 9.99. The third-order valence-corrected chi connectivity index (χ3v) is 7.93. The summed E-state index contributed by atoms with van der Waals surface area (Å²) in [6.45, 7) is 3.74. The number of carbonyl (C=O) groups is 1. The lowest BCUT2D eigenvalue weighted by molar-refractivity contribution is 0.0958. The van der Waals surface area contributed by atoms with E-state index < -0.39 is 5.82 Å². The van der Waals surface area contributed by atoms with Crippen molar-refractivity contribution < 1.29 is 9.18 Å². The maximum atomic E-state index is 13.6. The molecule has 1 aliphatic heterocycles. The van der Waals surface area contributed by atoms with Crippen molar-refractivity contribution in [3.8, 4) is 0 Å². The predicted octanol–water partition coefficient (Wildman–Crippen LogP) is 2.06. The molecule has 3 fully saturated rings. The highest BCUT2D eigenvalue weighted by atomic mass is 19.1. The van der Waals surface area contributed by atoms with Crippen molar-refractivity contribution >= 4 is 22.5 Å². The summed E-state index contributed by atoms with van der Waals surface area (Å²) in [6, 6.07) is 8.41. The molecule has 1 amide bonds. The summed E-state index contributed by atoms with van der Waals surface area (Å²) >= 11 is 0. The molecular formula is C25H27FN6O2. The SMILES string of the molecule is CNC(=O)c1ccc(N2CCN([C@H]3C[C@H]4C[C@@]4(c4nc5ccc(F)cc5c(=O)[nH]4)C3)CC2)cn1. The molecule has 34 heavy (non-hydrogen) atoms. The Morgan fingerprint density at radius 2 is 2.00 bits per heavy atom. The van der Waals surface area contributed by atoms with Crippen LogP contribution in [0.1, 0.15) is 35.6 Å². The number of nitrogens with zero attached hydrogens (tertiary/aromatic N) is 4. The van der Waals surface area contributed by atoms with E-state index in [4.69, 9.17) is 4.98 Å². The van der Waals surface area contributed by atoms with Crippen LogP contribution in [0.15, 0.2) is 41.3 Å². The molecule has 176 valence electrons. The Morgan fingerprint density at radius 1 is 1.18 bits per heavy atom. The summed E-state index contributed by atoms with van der Waals surface area (Å²) in [5, 5.41) is 2.90. The minimum absolute atomic E-state index is 0.0524. The first-order valence-corrected chi connectivity index (χ1v) is 11.8. The second-order valence-corrected chi connectivity index (χ2v) is 9.73. The molecule has 2 aromatic heterocycles. The number of fused-ring (bicyclic) bond motifs is 2. The van der Waals surface area contributed by atoms with E-state index in [1.807, 2.05) is 6.07 Å². The van der Waals surface area contributed by atoms with Gasteiger partial charge < -0.3 is 15.2 Å². The summed E-state index contributed by atoms with van der Waals surface area (Å²) in [4.78, 5) is 41.2. The highest BCUT2D eigenvalue weighted by Crippen LogP contribution is 2.64. The third-order valence-electron chi connectivity index (χ3n) is 7.93. The molecule has 0 spiro atoms. The average Bonchev–Trinajstić information content (AvgIpc) is 3.44. The maximum Gasteiger partial charge on any atom is 0.269 e. The number of aromatic nitrogens is 3. The summed E-state index contributed by atoms with van der Waals surface area (Å²) in [6.07, 6.45) is 4.94. The minimum atomic E-state index is -0.423. The van der Waals surface area contributed by atoms with Crippen LogP contribution in [-0.4, -0.2) is 65.0 Å². The molecule has 3 heterocycles. The number of nitrogens with one attached hydrogen (secondary N) is 2. The van der Waals surface area contributed by atoms with Gasteiger partial charge in [-0.15, -0.1) is 0 Å². The number of hydrogen-bond acceptors (Lipinski definition) is 6. The number of anilines is 1. The van der Waals surface area contributed by atoms with E-state index in [1.165, 1.54) is 12.1 Å². The molecular weight excluding hydrogens is 435 g/mol. The van der Waals surface area contributed by atoms with Crippen LogP contribution in [0.3, 0.4) is 0 Å². The summed E-state index contributed by atoms with van der Waals surface area (Å²) in [5.41, 5.74) is 1.71. The molecule has 2 saturated carbocycles. The fourth-order valence-electron chi connectivity index (χ4n) is 5.96. The first-order chi connectivity index (χ1) is 16.5. The molecule has 3 aliphatic rings. The highest BCUT2D eigenvalue weighted by molar-refractivity contribution is 5.92. The topological polar surface area (TPSA) is 94.2 Å². The number of rotatable bonds is 4. The lowest BCUT2D eigenvalue weighted by Crippen LogP contribution is -2.50. The van der Waals surface area contributed by atoms with Crippen molar-refractivity contribution in [2.75, 3.05) is 38.1 Å². The van der Waals surface area contributed by atoms with Crippen LogP contribution in [0.5, 0.6) is 0 Å². The summed E-state index contributed by atoms with van der Waals surface area (Å²) in [5.74, 6) is 0.704.